The third kappa shape index (κ3) is 6.79. The van der Waals surface area contributed by atoms with Crippen molar-refractivity contribution >= 4 is 11.9 Å². The Kier molecular flexibility index (Phi) is 6.72. The van der Waals surface area contributed by atoms with Gasteiger partial charge in [-0.2, -0.15) is 0 Å². The van der Waals surface area contributed by atoms with Gasteiger partial charge in [-0.1, -0.05) is 51.1 Å². The Hall–Kier alpha value is -2.04. The number of nitrogens with zero attached hydrogens (tertiary/aromatic N) is 1. The molecule has 1 aromatic carbocycles. The quantitative estimate of drug-likeness (QED) is 0.437. The third-order valence-electron chi connectivity index (χ3n) is 2.91. The van der Waals surface area contributed by atoms with Gasteiger partial charge >= 0.3 is 0 Å². The van der Waals surface area contributed by atoms with Crippen molar-refractivity contribution in [3.05, 3.63) is 35.9 Å². The van der Waals surface area contributed by atoms with E-state index in [9.17, 15) is 4.79 Å². The second-order valence-electron chi connectivity index (χ2n) is 5.84. The standard InChI is InChI=1S/C16H26N4O/c1-16(2,3)14(21)18-10-11-19-15(17-4)20-12-13-8-6-5-7-9-13/h5-9H,10-12H2,1-4H3,(H,18,21)(H2,17,19,20). The van der Waals surface area contributed by atoms with Crippen LogP contribution in [0.15, 0.2) is 35.3 Å². The number of benzene rings is 1. The van der Waals surface area contributed by atoms with Crippen LogP contribution in [0.2, 0.25) is 0 Å². The highest BCUT2D eigenvalue weighted by atomic mass is 16.2. The zero-order valence-electron chi connectivity index (χ0n) is 13.4. The summed E-state index contributed by atoms with van der Waals surface area (Å²) in [6, 6.07) is 10.1. The first-order valence-corrected chi connectivity index (χ1v) is 7.20. The molecule has 0 radical (unpaired) electrons. The molecule has 0 aliphatic heterocycles. The van der Waals surface area contributed by atoms with Crippen molar-refractivity contribution in [1.29, 1.82) is 0 Å². The molecular weight excluding hydrogens is 264 g/mol. The summed E-state index contributed by atoms with van der Waals surface area (Å²) in [6.45, 7) is 7.62. The van der Waals surface area contributed by atoms with E-state index >= 15 is 0 Å². The molecule has 0 aliphatic carbocycles. The number of carbonyl (C=O) groups is 1. The Morgan fingerprint density at radius 1 is 1.05 bits per heavy atom. The minimum atomic E-state index is -0.354. The Morgan fingerprint density at radius 2 is 1.67 bits per heavy atom. The lowest BCUT2D eigenvalue weighted by atomic mass is 9.96. The van der Waals surface area contributed by atoms with Crippen molar-refractivity contribution in [2.45, 2.75) is 27.3 Å². The first kappa shape index (κ1) is 17.0. The maximum Gasteiger partial charge on any atom is 0.225 e. The van der Waals surface area contributed by atoms with Gasteiger partial charge in [0.2, 0.25) is 5.91 Å². The number of hydrogen-bond acceptors (Lipinski definition) is 2. The molecule has 0 atom stereocenters. The molecule has 0 aliphatic rings. The predicted octanol–water partition coefficient (Wildman–Crippen LogP) is 1.51. The van der Waals surface area contributed by atoms with Gasteiger partial charge in [-0.3, -0.25) is 9.79 Å². The van der Waals surface area contributed by atoms with Crippen LogP contribution in [0, 0.1) is 5.41 Å². The van der Waals surface area contributed by atoms with Crippen LogP contribution in [-0.2, 0) is 11.3 Å². The third-order valence-corrected chi connectivity index (χ3v) is 2.91. The second-order valence-corrected chi connectivity index (χ2v) is 5.84. The molecule has 5 nitrogen and oxygen atoms in total. The van der Waals surface area contributed by atoms with Crippen molar-refractivity contribution < 1.29 is 4.79 Å². The fraction of sp³-hybridized carbons (Fsp3) is 0.500. The van der Waals surface area contributed by atoms with Crippen LogP contribution >= 0.6 is 0 Å². The molecule has 0 spiro atoms. The zero-order chi connectivity index (χ0) is 15.7. The monoisotopic (exact) mass is 290 g/mol. The SMILES string of the molecule is CN=C(NCCNC(=O)C(C)(C)C)NCc1ccccc1. The first-order valence-electron chi connectivity index (χ1n) is 7.20. The van der Waals surface area contributed by atoms with Crippen molar-refractivity contribution in [3.63, 3.8) is 0 Å². The molecule has 0 unspecified atom stereocenters. The Balaban J connectivity index is 2.25. The number of guanidine groups is 1. The molecule has 0 aromatic heterocycles. The number of aliphatic imine (C=N–C) groups is 1. The van der Waals surface area contributed by atoms with Crippen LogP contribution in [0.5, 0.6) is 0 Å². The molecule has 0 saturated carbocycles. The summed E-state index contributed by atoms with van der Waals surface area (Å²) in [6.07, 6.45) is 0. The maximum absolute atomic E-state index is 11.7. The smallest absolute Gasteiger partial charge is 0.225 e. The summed E-state index contributed by atoms with van der Waals surface area (Å²) in [5, 5.41) is 9.29. The van der Waals surface area contributed by atoms with Gasteiger partial charge in [-0.05, 0) is 5.56 Å². The number of nitrogens with one attached hydrogen (secondary N) is 3. The summed E-state index contributed by atoms with van der Waals surface area (Å²) in [7, 11) is 1.73. The van der Waals surface area contributed by atoms with Crippen LogP contribution in [-0.4, -0.2) is 32.0 Å². The van der Waals surface area contributed by atoms with Crippen LogP contribution in [0.3, 0.4) is 0 Å². The van der Waals surface area contributed by atoms with E-state index in [2.05, 4.69) is 33.1 Å². The normalized spacial score (nSPS) is 11.9. The fourth-order valence-corrected chi connectivity index (χ4v) is 1.62. The van der Waals surface area contributed by atoms with E-state index < -0.39 is 0 Å². The van der Waals surface area contributed by atoms with E-state index in [1.807, 2.05) is 39.0 Å². The summed E-state index contributed by atoms with van der Waals surface area (Å²) < 4.78 is 0. The van der Waals surface area contributed by atoms with Crippen LogP contribution in [0.25, 0.3) is 0 Å². The van der Waals surface area contributed by atoms with E-state index in [0.29, 0.717) is 13.1 Å². The van der Waals surface area contributed by atoms with Gasteiger partial charge in [0.05, 0.1) is 0 Å². The molecule has 116 valence electrons. The highest BCUT2D eigenvalue weighted by Crippen LogP contribution is 2.11. The Bertz CT molecular complexity index is 463. The van der Waals surface area contributed by atoms with Crippen LogP contribution in [0.1, 0.15) is 26.3 Å². The van der Waals surface area contributed by atoms with Gasteiger partial charge in [0.15, 0.2) is 5.96 Å². The number of amides is 1. The topological polar surface area (TPSA) is 65.5 Å². The molecule has 0 saturated heterocycles. The lowest BCUT2D eigenvalue weighted by Crippen LogP contribution is -2.43. The van der Waals surface area contributed by atoms with Gasteiger partial charge in [-0.25, -0.2) is 0 Å². The molecule has 5 heteroatoms. The van der Waals surface area contributed by atoms with Gasteiger partial charge in [0.25, 0.3) is 0 Å². The first-order chi connectivity index (χ1) is 9.93. The van der Waals surface area contributed by atoms with Crippen molar-refractivity contribution in [2.24, 2.45) is 10.4 Å². The average Bonchev–Trinajstić information content (AvgIpc) is 2.46. The largest absolute Gasteiger partial charge is 0.355 e. The minimum absolute atomic E-state index is 0.0523. The van der Waals surface area contributed by atoms with E-state index in [4.69, 9.17) is 0 Å². The van der Waals surface area contributed by atoms with E-state index in [0.717, 1.165) is 12.5 Å². The number of hydrogen-bond donors (Lipinski definition) is 3. The molecule has 1 amide bonds. The van der Waals surface area contributed by atoms with E-state index in [1.165, 1.54) is 5.56 Å². The van der Waals surface area contributed by atoms with Crippen LogP contribution < -0.4 is 16.0 Å². The van der Waals surface area contributed by atoms with E-state index in [-0.39, 0.29) is 11.3 Å². The van der Waals surface area contributed by atoms with Gasteiger partial charge in [0, 0.05) is 32.1 Å². The minimum Gasteiger partial charge on any atom is -0.355 e. The highest BCUT2D eigenvalue weighted by molar-refractivity contribution is 5.81. The summed E-state index contributed by atoms with van der Waals surface area (Å²) in [4.78, 5) is 15.9. The van der Waals surface area contributed by atoms with Crippen molar-refractivity contribution in [3.8, 4) is 0 Å². The summed E-state index contributed by atoms with van der Waals surface area (Å²) in [5.41, 5.74) is 0.842. The molecule has 0 fully saturated rings. The molecule has 21 heavy (non-hydrogen) atoms. The van der Waals surface area contributed by atoms with Gasteiger partial charge in [0.1, 0.15) is 0 Å². The van der Waals surface area contributed by atoms with Gasteiger partial charge < -0.3 is 16.0 Å². The molecule has 1 aromatic rings. The summed E-state index contributed by atoms with van der Waals surface area (Å²) in [5.74, 6) is 0.778. The number of carbonyl (C=O) groups excluding carboxylic acids is 1. The fourth-order valence-electron chi connectivity index (χ4n) is 1.62. The maximum atomic E-state index is 11.7. The number of rotatable bonds is 5. The molecule has 1 rings (SSSR count). The Morgan fingerprint density at radius 3 is 2.24 bits per heavy atom. The molecule has 0 bridgehead atoms. The zero-order valence-corrected chi connectivity index (χ0v) is 13.4. The molecule has 3 N–H and O–H groups in total. The second kappa shape index (κ2) is 8.29. The lowest BCUT2D eigenvalue weighted by molar-refractivity contribution is -0.128. The van der Waals surface area contributed by atoms with Crippen molar-refractivity contribution in [1.82, 2.24) is 16.0 Å². The van der Waals surface area contributed by atoms with Gasteiger partial charge in [-0.15, -0.1) is 0 Å². The van der Waals surface area contributed by atoms with Crippen LogP contribution in [0.4, 0.5) is 0 Å². The highest BCUT2D eigenvalue weighted by Gasteiger charge is 2.20. The van der Waals surface area contributed by atoms with E-state index in [1.54, 1.807) is 7.05 Å². The summed E-state index contributed by atoms with van der Waals surface area (Å²) >= 11 is 0. The molecule has 0 heterocycles. The Labute approximate surface area is 127 Å². The predicted molar refractivity (Wildman–Crippen MR) is 87.1 cm³/mol. The molecular formula is C16H26N4O. The van der Waals surface area contributed by atoms with Crippen molar-refractivity contribution in [2.75, 3.05) is 20.1 Å². The average molecular weight is 290 g/mol. The lowest BCUT2D eigenvalue weighted by Gasteiger charge is -2.18.